The Labute approximate surface area is 89.5 Å². The smallest absolute Gasteiger partial charge is 0.292 e. The zero-order chi connectivity index (χ0) is 11.3. The molecule has 0 amide bonds. The van der Waals surface area contributed by atoms with Crippen LogP contribution in [0.25, 0.3) is 0 Å². The van der Waals surface area contributed by atoms with Crippen LogP contribution < -0.4 is 5.32 Å². The summed E-state index contributed by atoms with van der Waals surface area (Å²) in [6, 6.07) is 5.23. The molecule has 0 fully saturated rings. The minimum atomic E-state index is -0.346. The zero-order valence-corrected chi connectivity index (χ0v) is 9.12. The molecule has 1 N–H and O–H groups in total. The van der Waals surface area contributed by atoms with Crippen LogP contribution in [0.1, 0.15) is 25.3 Å². The molecular weight excluding hydrogens is 192 g/mol. The SMILES string of the molecule is CCCCNc1ccc(C)cc1[N+](=O)[O-]. The van der Waals surface area contributed by atoms with Crippen LogP contribution in [0.5, 0.6) is 0 Å². The lowest BCUT2D eigenvalue weighted by Crippen LogP contribution is -2.04. The molecule has 0 atom stereocenters. The number of nitro benzene ring substituents is 1. The van der Waals surface area contributed by atoms with Crippen LogP contribution in [-0.4, -0.2) is 11.5 Å². The summed E-state index contributed by atoms with van der Waals surface area (Å²) in [4.78, 5) is 10.4. The summed E-state index contributed by atoms with van der Waals surface area (Å²) in [5.74, 6) is 0. The summed E-state index contributed by atoms with van der Waals surface area (Å²) < 4.78 is 0. The van der Waals surface area contributed by atoms with Crippen LogP contribution in [0.4, 0.5) is 11.4 Å². The fourth-order valence-electron chi connectivity index (χ4n) is 1.34. The Morgan fingerprint density at radius 1 is 1.47 bits per heavy atom. The molecule has 0 saturated carbocycles. The molecule has 0 aliphatic carbocycles. The van der Waals surface area contributed by atoms with E-state index in [2.05, 4.69) is 12.2 Å². The van der Waals surface area contributed by atoms with Gasteiger partial charge in [-0.05, 0) is 25.0 Å². The Hall–Kier alpha value is -1.58. The van der Waals surface area contributed by atoms with E-state index < -0.39 is 0 Å². The first-order chi connectivity index (χ1) is 7.15. The minimum Gasteiger partial charge on any atom is -0.379 e. The van der Waals surface area contributed by atoms with Crippen molar-refractivity contribution in [3.05, 3.63) is 33.9 Å². The topological polar surface area (TPSA) is 55.2 Å². The molecule has 0 radical (unpaired) electrons. The molecule has 1 aromatic carbocycles. The highest BCUT2D eigenvalue weighted by atomic mass is 16.6. The highest BCUT2D eigenvalue weighted by molar-refractivity contribution is 5.62. The van der Waals surface area contributed by atoms with Gasteiger partial charge in [0.15, 0.2) is 0 Å². The second kappa shape index (κ2) is 5.34. The Kier molecular flexibility index (Phi) is 4.09. The number of nitro groups is 1. The Bertz CT molecular complexity index is 350. The summed E-state index contributed by atoms with van der Waals surface area (Å²) in [6.07, 6.45) is 2.09. The molecule has 1 aromatic rings. The Morgan fingerprint density at radius 3 is 2.80 bits per heavy atom. The highest BCUT2D eigenvalue weighted by Gasteiger charge is 2.12. The van der Waals surface area contributed by atoms with Gasteiger partial charge in [-0.2, -0.15) is 0 Å². The lowest BCUT2D eigenvalue weighted by atomic mass is 10.2. The molecule has 82 valence electrons. The maximum atomic E-state index is 10.8. The van der Waals surface area contributed by atoms with Crippen LogP contribution in [0.15, 0.2) is 18.2 Å². The van der Waals surface area contributed by atoms with Gasteiger partial charge in [0.1, 0.15) is 5.69 Å². The van der Waals surface area contributed by atoms with E-state index >= 15 is 0 Å². The molecule has 15 heavy (non-hydrogen) atoms. The van der Waals surface area contributed by atoms with Crippen LogP contribution in [0.2, 0.25) is 0 Å². The lowest BCUT2D eigenvalue weighted by molar-refractivity contribution is -0.384. The van der Waals surface area contributed by atoms with Gasteiger partial charge in [-0.25, -0.2) is 0 Å². The molecule has 0 bridgehead atoms. The van der Waals surface area contributed by atoms with Crippen molar-refractivity contribution in [1.82, 2.24) is 0 Å². The van der Waals surface area contributed by atoms with Crippen molar-refractivity contribution in [2.75, 3.05) is 11.9 Å². The predicted octanol–water partition coefficient (Wildman–Crippen LogP) is 3.12. The third-order valence-corrected chi connectivity index (χ3v) is 2.20. The molecule has 4 heteroatoms. The number of anilines is 1. The van der Waals surface area contributed by atoms with Crippen LogP contribution in [0.3, 0.4) is 0 Å². The molecule has 0 aromatic heterocycles. The van der Waals surface area contributed by atoms with Gasteiger partial charge < -0.3 is 5.32 Å². The van der Waals surface area contributed by atoms with Gasteiger partial charge in [-0.15, -0.1) is 0 Å². The van der Waals surface area contributed by atoms with Gasteiger partial charge in [-0.3, -0.25) is 10.1 Å². The second-order valence-electron chi connectivity index (χ2n) is 3.56. The molecule has 0 aliphatic heterocycles. The second-order valence-corrected chi connectivity index (χ2v) is 3.56. The minimum absolute atomic E-state index is 0.158. The summed E-state index contributed by atoms with van der Waals surface area (Å²) >= 11 is 0. The van der Waals surface area contributed by atoms with E-state index in [-0.39, 0.29) is 10.6 Å². The molecule has 0 aliphatic rings. The summed E-state index contributed by atoms with van der Waals surface area (Å²) in [5, 5.41) is 13.9. The molecule has 0 saturated heterocycles. The lowest BCUT2D eigenvalue weighted by Gasteiger charge is -2.06. The third kappa shape index (κ3) is 3.23. The largest absolute Gasteiger partial charge is 0.379 e. The van der Waals surface area contributed by atoms with Crippen molar-refractivity contribution in [2.24, 2.45) is 0 Å². The van der Waals surface area contributed by atoms with Gasteiger partial charge in [-0.1, -0.05) is 19.4 Å². The van der Waals surface area contributed by atoms with E-state index in [1.807, 2.05) is 13.0 Å². The van der Waals surface area contributed by atoms with Crippen molar-refractivity contribution in [3.8, 4) is 0 Å². The molecular formula is C11H16N2O2. The van der Waals surface area contributed by atoms with E-state index in [4.69, 9.17) is 0 Å². The molecule has 0 heterocycles. The molecule has 0 spiro atoms. The first kappa shape index (κ1) is 11.5. The number of nitrogens with one attached hydrogen (secondary N) is 1. The fraction of sp³-hybridized carbons (Fsp3) is 0.455. The summed E-state index contributed by atoms with van der Waals surface area (Å²) in [7, 11) is 0. The molecule has 4 nitrogen and oxygen atoms in total. The van der Waals surface area contributed by atoms with Crippen molar-refractivity contribution in [1.29, 1.82) is 0 Å². The third-order valence-electron chi connectivity index (χ3n) is 2.20. The van der Waals surface area contributed by atoms with E-state index in [0.29, 0.717) is 5.69 Å². The number of benzene rings is 1. The number of nitrogens with zero attached hydrogens (tertiary/aromatic N) is 1. The number of hydrogen-bond donors (Lipinski definition) is 1. The van der Waals surface area contributed by atoms with Crippen LogP contribution in [-0.2, 0) is 0 Å². The average Bonchev–Trinajstić information content (AvgIpc) is 2.20. The number of aryl methyl sites for hydroxylation is 1. The van der Waals surface area contributed by atoms with Crippen molar-refractivity contribution < 1.29 is 4.92 Å². The maximum absolute atomic E-state index is 10.8. The first-order valence-electron chi connectivity index (χ1n) is 5.14. The van der Waals surface area contributed by atoms with Crippen molar-refractivity contribution in [2.45, 2.75) is 26.7 Å². The van der Waals surface area contributed by atoms with E-state index in [0.717, 1.165) is 24.9 Å². The van der Waals surface area contributed by atoms with Gasteiger partial charge in [0.25, 0.3) is 5.69 Å². The summed E-state index contributed by atoms with van der Waals surface area (Å²) in [5.41, 5.74) is 1.67. The van der Waals surface area contributed by atoms with Gasteiger partial charge in [0, 0.05) is 12.6 Å². The Balaban J connectivity index is 2.81. The predicted molar refractivity (Wildman–Crippen MR) is 61.2 cm³/mol. The van der Waals surface area contributed by atoms with Crippen LogP contribution >= 0.6 is 0 Å². The fourth-order valence-corrected chi connectivity index (χ4v) is 1.34. The molecule has 0 unspecified atom stereocenters. The zero-order valence-electron chi connectivity index (χ0n) is 9.12. The Morgan fingerprint density at radius 2 is 2.20 bits per heavy atom. The van der Waals surface area contributed by atoms with E-state index in [1.54, 1.807) is 12.1 Å². The number of hydrogen-bond acceptors (Lipinski definition) is 3. The number of unbranched alkanes of at least 4 members (excludes halogenated alkanes) is 1. The normalized spacial score (nSPS) is 10.0. The van der Waals surface area contributed by atoms with E-state index in [1.165, 1.54) is 0 Å². The van der Waals surface area contributed by atoms with Gasteiger partial charge >= 0.3 is 0 Å². The van der Waals surface area contributed by atoms with Crippen molar-refractivity contribution in [3.63, 3.8) is 0 Å². The highest BCUT2D eigenvalue weighted by Crippen LogP contribution is 2.25. The number of rotatable bonds is 5. The maximum Gasteiger partial charge on any atom is 0.292 e. The first-order valence-corrected chi connectivity index (χ1v) is 5.14. The van der Waals surface area contributed by atoms with Gasteiger partial charge in [0.2, 0.25) is 0 Å². The molecule has 1 rings (SSSR count). The van der Waals surface area contributed by atoms with Gasteiger partial charge in [0.05, 0.1) is 4.92 Å². The standard InChI is InChI=1S/C11H16N2O2/c1-3-4-7-12-10-6-5-9(2)8-11(10)13(14)15/h5-6,8,12H,3-4,7H2,1-2H3. The van der Waals surface area contributed by atoms with Crippen molar-refractivity contribution >= 4 is 11.4 Å². The summed E-state index contributed by atoms with van der Waals surface area (Å²) in [6.45, 7) is 4.72. The van der Waals surface area contributed by atoms with E-state index in [9.17, 15) is 10.1 Å². The average molecular weight is 208 g/mol. The van der Waals surface area contributed by atoms with Crippen LogP contribution in [0, 0.1) is 17.0 Å². The monoisotopic (exact) mass is 208 g/mol. The quantitative estimate of drug-likeness (QED) is 0.459.